The predicted octanol–water partition coefficient (Wildman–Crippen LogP) is 0.644. The lowest BCUT2D eigenvalue weighted by atomic mass is 10.1. The molecule has 0 heterocycles. The maximum absolute atomic E-state index is 10.6. The van der Waals surface area contributed by atoms with Crippen LogP contribution in [0.1, 0.15) is 5.56 Å². The summed E-state index contributed by atoms with van der Waals surface area (Å²) in [6, 6.07) is 2.92. The molecule has 0 unspecified atom stereocenters. The number of methoxy groups -OCH3 is 1. The number of hydrogen-bond acceptors (Lipinski definition) is 5. The number of nitro benzene ring substituents is 1. The average Bonchev–Trinajstić information content (AvgIpc) is 2.16. The van der Waals surface area contributed by atoms with E-state index in [2.05, 4.69) is 0 Å². The van der Waals surface area contributed by atoms with Gasteiger partial charge in [0.2, 0.25) is 5.75 Å². The minimum atomic E-state index is -0.547. The van der Waals surface area contributed by atoms with Crippen molar-refractivity contribution in [1.29, 1.82) is 0 Å². The minimum Gasteiger partial charge on any atom is -0.489 e. The Morgan fingerprint density at radius 1 is 1.57 bits per heavy atom. The molecule has 0 amide bonds. The molecule has 76 valence electrons. The van der Waals surface area contributed by atoms with Gasteiger partial charge in [-0.25, -0.2) is 0 Å². The molecule has 0 spiro atoms. The van der Waals surface area contributed by atoms with E-state index in [1.165, 1.54) is 13.2 Å². The van der Waals surface area contributed by atoms with Crippen LogP contribution in [0.2, 0.25) is 0 Å². The molecule has 0 bridgehead atoms. The van der Waals surface area contributed by atoms with Gasteiger partial charge < -0.3 is 16.2 Å². The van der Waals surface area contributed by atoms with Crippen LogP contribution in [0, 0.1) is 10.1 Å². The zero-order valence-electron chi connectivity index (χ0n) is 7.69. The van der Waals surface area contributed by atoms with Crippen LogP contribution in [0.4, 0.5) is 11.4 Å². The van der Waals surface area contributed by atoms with Crippen molar-refractivity contribution in [1.82, 2.24) is 0 Å². The second kappa shape index (κ2) is 3.93. The van der Waals surface area contributed by atoms with Gasteiger partial charge in [0, 0.05) is 12.6 Å². The molecule has 4 N–H and O–H groups in total. The maximum atomic E-state index is 10.6. The van der Waals surface area contributed by atoms with Crippen molar-refractivity contribution in [2.45, 2.75) is 6.54 Å². The molecule has 0 saturated heterocycles. The molecule has 0 aliphatic carbocycles. The van der Waals surface area contributed by atoms with Crippen LogP contribution in [-0.4, -0.2) is 12.0 Å². The van der Waals surface area contributed by atoms with E-state index in [1.54, 1.807) is 6.07 Å². The number of nitrogen functional groups attached to an aromatic ring is 1. The Hall–Kier alpha value is -1.82. The quantitative estimate of drug-likeness (QED) is 0.420. The highest BCUT2D eigenvalue weighted by atomic mass is 16.6. The first-order chi connectivity index (χ1) is 6.60. The summed E-state index contributed by atoms with van der Waals surface area (Å²) in [5.74, 6) is 0.0761. The van der Waals surface area contributed by atoms with Gasteiger partial charge in [-0.3, -0.25) is 10.1 Å². The Bertz CT molecular complexity index is 365. The molecule has 0 aliphatic heterocycles. The molecule has 1 aromatic carbocycles. The first-order valence-corrected chi connectivity index (χ1v) is 3.91. The fourth-order valence-electron chi connectivity index (χ4n) is 1.17. The molecule has 0 aliphatic rings. The average molecular weight is 197 g/mol. The molecular formula is C8H11N3O3. The van der Waals surface area contributed by atoms with Crippen LogP contribution in [-0.2, 0) is 6.54 Å². The summed E-state index contributed by atoms with van der Waals surface area (Å²) in [6.45, 7) is 0.203. The molecule has 6 heteroatoms. The van der Waals surface area contributed by atoms with Gasteiger partial charge in [-0.1, -0.05) is 0 Å². The number of nitrogens with zero attached hydrogens (tertiary/aromatic N) is 1. The molecular weight excluding hydrogens is 186 g/mol. The third kappa shape index (κ3) is 1.74. The summed E-state index contributed by atoms with van der Waals surface area (Å²) in [6.07, 6.45) is 0. The minimum absolute atomic E-state index is 0.0761. The highest BCUT2D eigenvalue weighted by Gasteiger charge is 2.18. The molecule has 0 aromatic heterocycles. The number of hydrogen-bond donors (Lipinski definition) is 2. The number of rotatable bonds is 3. The summed E-state index contributed by atoms with van der Waals surface area (Å²) in [5, 5.41) is 10.6. The van der Waals surface area contributed by atoms with Gasteiger partial charge in [0.05, 0.1) is 17.7 Å². The lowest BCUT2D eigenvalue weighted by Crippen LogP contribution is -2.03. The Morgan fingerprint density at radius 3 is 2.64 bits per heavy atom. The fourth-order valence-corrected chi connectivity index (χ4v) is 1.17. The fraction of sp³-hybridized carbons (Fsp3) is 0.250. The third-order valence-corrected chi connectivity index (χ3v) is 1.79. The Kier molecular flexibility index (Phi) is 2.88. The standard InChI is InChI=1S/C8H11N3O3/c1-14-8-6(10)2-5(4-9)3-7(8)11(12)13/h2-3H,4,9-10H2,1H3. The van der Waals surface area contributed by atoms with E-state index in [-0.39, 0.29) is 23.7 Å². The van der Waals surface area contributed by atoms with Gasteiger partial charge in [-0.2, -0.15) is 0 Å². The molecule has 1 rings (SSSR count). The third-order valence-electron chi connectivity index (χ3n) is 1.79. The van der Waals surface area contributed by atoms with Crippen LogP contribution in [0.3, 0.4) is 0 Å². The maximum Gasteiger partial charge on any atom is 0.313 e. The van der Waals surface area contributed by atoms with E-state index < -0.39 is 4.92 Å². The summed E-state index contributed by atoms with van der Waals surface area (Å²) >= 11 is 0. The van der Waals surface area contributed by atoms with Gasteiger partial charge in [-0.05, 0) is 11.6 Å². The van der Waals surface area contributed by atoms with Crippen molar-refractivity contribution in [2.75, 3.05) is 12.8 Å². The van der Waals surface area contributed by atoms with Crippen molar-refractivity contribution in [3.8, 4) is 5.75 Å². The van der Waals surface area contributed by atoms with Crippen LogP contribution in [0.25, 0.3) is 0 Å². The lowest BCUT2D eigenvalue weighted by molar-refractivity contribution is -0.385. The number of nitro groups is 1. The Balaban J connectivity index is 3.35. The second-order valence-electron chi connectivity index (χ2n) is 2.70. The first-order valence-electron chi connectivity index (χ1n) is 3.91. The van der Waals surface area contributed by atoms with Crippen molar-refractivity contribution < 1.29 is 9.66 Å². The molecule has 14 heavy (non-hydrogen) atoms. The van der Waals surface area contributed by atoms with E-state index in [0.717, 1.165) is 0 Å². The highest BCUT2D eigenvalue weighted by Crippen LogP contribution is 2.33. The smallest absolute Gasteiger partial charge is 0.313 e. The SMILES string of the molecule is COc1c(N)cc(CN)cc1[N+](=O)[O-]. The Labute approximate surface area is 80.6 Å². The monoisotopic (exact) mass is 197 g/mol. The van der Waals surface area contributed by atoms with Gasteiger partial charge in [0.25, 0.3) is 0 Å². The van der Waals surface area contributed by atoms with Crippen LogP contribution >= 0.6 is 0 Å². The predicted molar refractivity (Wildman–Crippen MR) is 52.0 cm³/mol. The van der Waals surface area contributed by atoms with Crippen LogP contribution < -0.4 is 16.2 Å². The van der Waals surface area contributed by atoms with E-state index in [0.29, 0.717) is 5.56 Å². The van der Waals surface area contributed by atoms with Crippen LogP contribution in [0.15, 0.2) is 12.1 Å². The van der Waals surface area contributed by atoms with Gasteiger partial charge in [0.1, 0.15) is 0 Å². The van der Waals surface area contributed by atoms with E-state index in [4.69, 9.17) is 16.2 Å². The van der Waals surface area contributed by atoms with Crippen molar-refractivity contribution in [3.63, 3.8) is 0 Å². The topological polar surface area (TPSA) is 104 Å². The van der Waals surface area contributed by atoms with Crippen molar-refractivity contribution in [3.05, 3.63) is 27.8 Å². The molecule has 0 radical (unpaired) electrons. The van der Waals surface area contributed by atoms with Gasteiger partial charge >= 0.3 is 5.69 Å². The summed E-state index contributed by atoms with van der Waals surface area (Å²) in [7, 11) is 1.33. The number of nitrogens with two attached hydrogens (primary N) is 2. The summed E-state index contributed by atoms with van der Waals surface area (Å²) in [4.78, 5) is 10.1. The summed E-state index contributed by atoms with van der Waals surface area (Å²) in [5.41, 5.74) is 11.6. The zero-order valence-corrected chi connectivity index (χ0v) is 7.69. The van der Waals surface area contributed by atoms with Crippen molar-refractivity contribution >= 4 is 11.4 Å². The highest BCUT2D eigenvalue weighted by molar-refractivity contribution is 5.65. The van der Waals surface area contributed by atoms with Crippen molar-refractivity contribution in [2.24, 2.45) is 5.73 Å². The normalized spacial score (nSPS) is 9.86. The molecule has 0 saturated carbocycles. The molecule has 1 aromatic rings. The number of ether oxygens (including phenoxy) is 1. The summed E-state index contributed by atoms with van der Waals surface area (Å²) < 4.78 is 4.83. The van der Waals surface area contributed by atoms with Gasteiger partial charge in [0.15, 0.2) is 0 Å². The zero-order chi connectivity index (χ0) is 10.7. The Morgan fingerprint density at radius 2 is 2.21 bits per heavy atom. The van der Waals surface area contributed by atoms with E-state index >= 15 is 0 Å². The number of benzene rings is 1. The lowest BCUT2D eigenvalue weighted by Gasteiger charge is -2.06. The van der Waals surface area contributed by atoms with Crippen LogP contribution in [0.5, 0.6) is 5.75 Å². The first kappa shape index (κ1) is 10.3. The van der Waals surface area contributed by atoms with E-state index in [1.807, 2.05) is 0 Å². The molecule has 0 fully saturated rings. The number of anilines is 1. The largest absolute Gasteiger partial charge is 0.489 e. The second-order valence-corrected chi connectivity index (χ2v) is 2.70. The molecule has 6 nitrogen and oxygen atoms in total. The van der Waals surface area contributed by atoms with E-state index in [9.17, 15) is 10.1 Å². The van der Waals surface area contributed by atoms with Gasteiger partial charge in [-0.15, -0.1) is 0 Å². The molecule has 0 atom stereocenters.